The van der Waals surface area contributed by atoms with Crippen LogP contribution in [0.15, 0.2) is 59.8 Å². The van der Waals surface area contributed by atoms with Crippen LogP contribution in [0.1, 0.15) is 25.0 Å². The van der Waals surface area contributed by atoms with Crippen LogP contribution in [-0.2, 0) is 14.3 Å². The smallest absolute Gasteiger partial charge is 0.317 e. The fraction of sp³-hybridized carbons (Fsp3) is 0.278. The van der Waals surface area contributed by atoms with Gasteiger partial charge < -0.3 is 4.74 Å². The van der Waals surface area contributed by atoms with Crippen LogP contribution >= 0.6 is 0 Å². The number of hydrogen-bond acceptors (Lipinski definition) is 4. The van der Waals surface area contributed by atoms with Gasteiger partial charge in [-0.05, 0) is 31.1 Å². The fourth-order valence-electron chi connectivity index (χ4n) is 3.06. The molecule has 0 fully saturated rings. The molecule has 0 unspecified atom stereocenters. The Morgan fingerprint density at radius 2 is 2.23 bits per heavy atom. The zero-order valence-corrected chi connectivity index (χ0v) is 12.4. The summed E-state index contributed by atoms with van der Waals surface area (Å²) in [6.07, 6.45) is 9.88. The van der Waals surface area contributed by atoms with Gasteiger partial charge in [-0.1, -0.05) is 30.4 Å². The monoisotopic (exact) mass is 295 g/mol. The molecule has 22 heavy (non-hydrogen) atoms. The van der Waals surface area contributed by atoms with Crippen LogP contribution in [0.4, 0.5) is 0 Å². The van der Waals surface area contributed by atoms with E-state index < -0.39 is 11.9 Å². The number of pyridine rings is 1. The predicted octanol–water partition coefficient (Wildman–Crippen LogP) is 2.74. The minimum absolute atomic E-state index is 0.139. The van der Waals surface area contributed by atoms with Crippen LogP contribution < -0.4 is 0 Å². The Hall–Kier alpha value is -2.49. The van der Waals surface area contributed by atoms with Gasteiger partial charge in [-0.2, -0.15) is 0 Å². The van der Waals surface area contributed by atoms with E-state index in [0.29, 0.717) is 12.0 Å². The van der Waals surface area contributed by atoms with E-state index in [1.165, 1.54) is 0 Å². The lowest BCUT2D eigenvalue weighted by molar-refractivity contribution is -0.150. The summed E-state index contributed by atoms with van der Waals surface area (Å²) >= 11 is 0. The van der Waals surface area contributed by atoms with Gasteiger partial charge in [0.25, 0.3) is 0 Å². The first kappa shape index (κ1) is 14.4. The lowest BCUT2D eigenvalue weighted by atomic mass is 9.87. The van der Waals surface area contributed by atoms with Crippen molar-refractivity contribution in [2.75, 3.05) is 6.61 Å². The summed E-state index contributed by atoms with van der Waals surface area (Å²) in [5.74, 6) is -1.79. The van der Waals surface area contributed by atoms with Crippen molar-refractivity contribution in [3.05, 3.63) is 65.5 Å². The van der Waals surface area contributed by atoms with Gasteiger partial charge in [0.05, 0.1) is 6.61 Å². The second-order valence-corrected chi connectivity index (χ2v) is 5.25. The first-order valence-electron chi connectivity index (χ1n) is 7.42. The quantitative estimate of drug-likeness (QED) is 0.635. The van der Waals surface area contributed by atoms with Crippen molar-refractivity contribution in [3.63, 3.8) is 0 Å². The minimum Gasteiger partial charge on any atom is -0.465 e. The van der Waals surface area contributed by atoms with E-state index in [9.17, 15) is 9.59 Å². The van der Waals surface area contributed by atoms with E-state index in [0.717, 1.165) is 11.3 Å². The number of hydrogen-bond donors (Lipinski definition) is 0. The molecule has 1 heterocycles. The maximum Gasteiger partial charge on any atom is 0.317 e. The normalized spacial score (nSPS) is 23.4. The summed E-state index contributed by atoms with van der Waals surface area (Å²) in [6, 6.07) is 5.54. The third kappa shape index (κ3) is 2.41. The zero-order valence-electron chi connectivity index (χ0n) is 12.4. The summed E-state index contributed by atoms with van der Waals surface area (Å²) in [5.41, 5.74) is 2.30. The van der Waals surface area contributed by atoms with Crippen LogP contribution in [0.5, 0.6) is 0 Å². The zero-order chi connectivity index (χ0) is 15.5. The highest BCUT2D eigenvalue weighted by atomic mass is 16.5. The van der Waals surface area contributed by atoms with Gasteiger partial charge in [-0.3, -0.25) is 14.6 Å². The Morgan fingerprint density at radius 3 is 2.95 bits per heavy atom. The fourth-order valence-corrected chi connectivity index (χ4v) is 3.06. The van der Waals surface area contributed by atoms with Crippen LogP contribution in [0.3, 0.4) is 0 Å². The number of nitrogens with zero attached hydrogens (tertiary/aromatic N) is 1. The average molecular weight is 295 g/mol. The van der Waals surface area contributed by atoms with Crippen LogP contribution in [0, 0.1) is 5.92 Å². The highest BCUT2D eigenvalue weighted by Gasteiger charge is 2.47. The van der Waals surface area contributed by atoms with Gasteiger partial charge in [0.15, 0.2) is 5.78 Å². The van der Waals surface area contributed by atoms with Gasteiger partial charge in [0.2, 0.25) is 0 Å². The van der Waals surface area contributed by atoms with Crippen molar-refractivity contribution in [2.24, 2.45) is 5.92 Å². The molecule has 4 nitrogen and oxygen atoms in total. The lowest BCUT2D eigenvalue weighted by Gasteiger charge is -2.18. The Bertz CT molecular complexity index is 686. The molecule has 0 bridgehead atoms. The molecule has 112 valence electrons. The van der Waals surface area contributed by atoms with E-state index in [2.05, 4.69) is 4.98 Å². The number of Topliss-reactive ketones (excluding diaryl/α,β-unsaturated/α-hetero) is 1. The molecule has 3 rings (SSSR count). The van der Waals surface area contributed by atoms with E-state index in [4.69, 9.17) is 4.74 Å². The van der Waals surface area contributed by atoms with Crippen LogP contribution in [-0.4, -0.2) is 23.3 Å². The van der Waals surface area contributed by atoms with Crippen molar-refractivity contribution >= 4 is 11.8 Å². The highest BCUT2D eigenvalue weighted by molar-refractivity contribution is 6.13. The third-order valence-corrected chi connectivity index (χ3v) is 3.99. The number of carbonyl (C=O) groups is 2. The first-order chi connectivity index (χ1) is 10.7. The lowest BCUT2D eigenvalue weighted by Crippen LogP contribution is -2.28. The Labute approximate surface area is 129 Å². The van der Waals surface area contributed by atoms with Crippen molar-refractivity contribution in [2.45, 2.75) is 19.3 Å². The number of ketones is 1. The molecule has 0 radical (unpaired) electrons. The van der Waals surface area contributed by atoms with Crippen LogP contribution in [0.2, 0.25) is 0 Å². The maximum atomic E-state index is 12.7. The molecule has 0 aromatic carbocycles. The topological polar surface area (TPSA) is 56.3 Å². The van der Waals surface area contributed by atoms with Gasteiger partial charge in [0, 0.05) is 23.4 Å². The molecule has 4 heteroatoms. The summed E-state index contributed by atoms with van der Waals surface area (Å²) in [7, 11) is 0. The molecule has 0 aliphatic heterocycles. The molecule has 0 amide bonds. The summed E-state index contributed by atoms with van der Waals surface area (Å²) in [6.45, 7) is 2.01. The number of esters is 1. The average Bonchev–Trinajstić information content (AvgIpc) is 2.69. The van der Waals surface area contributed by atoms with Gasteiger partial charge in [-0.25, -0.2) is 0 Å². The summed E-state index contributed by atoms with van der Waals surface area (Å²) < 4.78 is 5.13. The minimum atomic E-state index is -0.823. The standard InChI is InChI=1S/C18H17NO3/c1-2-22-18(21)16-15(14-10-6-7-11-19-14)12-8-4-3-5-9-13(12)17(16)20/h3-8,10-11,15-16H,2,9H2,1H3/t15-,16-/m1/s1. The first-order valence-corrected chi connectivity index (χ1v) is 7.42. The maximum absolute atomic E-state index is 12.7. The Morgan fingerprint density at radius 1 is 1.36 bits per heavy atom. The second-order valence-electron chi connectivity index (χ2n) is 5.25. The largest absolute Gasteiger partial charge is 0.465 e. The van der Waals surface area contributed by atoms with Crippen molar-refractivity contribution in [1.82, 2.24) is 4.98 Å². The van der Waals surface area contributed by atoms with Gasteiger partial charge >= 0.3 is 5.97 Å². The van der Waals surface area contributed by atoms with E-state index in [-0.39, 0.29) is 18.3 Å². The molecular weight excluding hydrogens is 278 g/mol. The number of aromatic nitrogens is 1. The molecule has 0 saturated carbocycles. The van der Waals surface area contributed by atoms with E-state index in [1.807, 2.05) is 42.5 Å². The van der Waals surface area contributed by atoms with Crippen LogP contribution in [0.25, 0.3) is 0 Å². The molecular formula is C18H17NO3. The number of carbonyl (C=O) groups excluding carboxylic acids is 2. The van der Waals surface area contributed by atoms with Gasteiger partial charge in [-0.15, -0.1) is 0 Å². The molecule has 1 aromatic heterocycles. The van der Waals surface area contributed by atoms with Crippen molar-refractivity contribution in [1.29, 1.82) is 0 Å². The Kier molecular flexibility index (Phi) is 4.00. The van der Waals surface area contributed by atoms with E-state index >= 15 is 0 Å². The SMILES string of the molecule is CCOC(=O)[C@H]1C(=O)C2=C(C=CC=CC2)[C@@H]1c1ccccn1. The van der Waals surface area contributed by atoms with Crippen molar-refractivity contribution in [3.8, 4) is 0 Å². The number of rotatable bonds is 3. The molecule has 1 aromatic rings. The number of allylic oxidation sites excluding steroid dienone is 6. The summed E-state index contributed by atoms with van der Waals surface area (Å²) in [5, 5.41) is 0. The second kappa shape index (κ2) is 6.10. The summed E-state index contributed by atoms with van der Waals surface area (Å²) in [4.78, 5) is 29.4. The molecule has 0 saturated heterocycles. The predicted molar refractivity (Wildman–Crippen MR) is 82.0 cm³/mol. The Balaban J connectivity index is 2.08. The highest BCUT2D eigenvalue weighted by Crippen LogP contribution is 2.44. The molecule has 2 aliphatic rings. The molecule has 0 N–H and O–H groups in total. The van der Waals surface area contributed by atoms with E-state index in [1.54, 1.807) is 13.1 Å². The molecule has 2 aliphatic carbocycles. The van der Waals surface area contributed by atoms with Gasteiger partial charge in [0.1, 0.15) is 5.92 Å². The van der Waals surface area contributed by atoms with Crippen molar-refractivity contribution < 1.29 is 14.3 Å². The number of ether oxygens (including phenoxy) is 1. The third-order valence-electron chi connectivity index (χ3n) is 3.99. The molecule has 2 atom stereocenters. The molecule has 0 spiro atoms.